The van der Waals surface area contributed by atoms with Crippen molar-refractivity contribution in [1.29, 1.82) is 0 Å². The third-order valence-electron chi connectivity index (χ3n) is 3.22. The average molecular weight is 291 g/mol. The number of H-pyrrole nitrogens is 1. The summed E-state index contributed by atoms with van der Waals surface area (Å²) in [5.41, 5.74) is 2.40. The van der Waals surface area contributed by atoms with Gasteiger partial charge in [-0.3, -0.25) is 0 Å². The molecule has 0 atom stereocenters. The van der Waals surface area contributed by atoms with Gasteiger partial charge in [-0.05, 0) is 48.4 Å². The van der Waals surface area contributed by atoms with Gasteiger partial charge in [-0.1, -0.05) is 13.8 Å². The minimum absolute atomic E-state index is 0.262. The van der Waals surface area contributed by atoms with E-state index in [9.17, 15) is 13.2 Å². The SMILES string of the molecule is CC.Cc1c(-c2ccc(F)cc2)[nH]c2c(F)cc(F)cc12. The first-order valence-electron chi connectivity index (χ1n) is 6.79. The molecule has 0 bridgehead atoms. The van der Waals surface area contributed by atoms with Gasteiger partial charge in [-0.15, -0.1) is 0 Å². The highest BCUT2D eigenvalue weighted by molar-refractivity contribution is 5.90. The minimum Gasteiger partial charge on any atom is -0.352 e. The quantitative estimate of drug-likeness (QED) is 0.602. The van der Waals surface area contributed by atoms with E-state index in [2.05, 4.69) is 4.98 Å². The molecule has 0 spiro atoms. The Balaban J connectivity index is 0.000000774. The van der Waals surface area contributed by atoms with Crippen molar-refractivity contribution >= 4 is 10.9 Å². The lowest BCUT2D eigenvalue weighted by Crippen LogP contribution is -1.81. The van der Waals surface area contributed by atoms with Gasteiger partial charge in [0.2, 0.25) is 0 Å². The predicted octanol–water partition coefficient (Wildman–Crippen LogP) is 5.59. The van der Waals surface area contributed by atoms with Gasteiger partial charge in [0.05, 0.1) is 5.52 Å². The summed E-state index contributed by atoms with van der Waals surface area (Å²) in [4.78, 5) is 2.93. The van der Waals surface area contributed by atoms with Gasteiger partial charge in [-0.25, -0.2) is 13.2 Å². The molecule has 21 heavy (non-hydrogen) atoms. The van der Waals surface area contributed by atoms with Crippen LogP contribution in [0.2, 0.25) is 0 Å². The number of benzene rings is 2. The lowest BCUT2D eigenvalue weighted by Gasteiger charge is -2.00. The van der Waals surface area contributed by atoms with Crippen molar-refractivity contribution in [3.05, 3.63) is 59.4 Å². The largest absolute Gasteiger partial charge is 0.352 e. The molecule has 1 N–H and O–H groups in total. The van der Waals surface area contributed by atoms with E-state index in [-0.39, 0.29) is 11.3 Å². The average Bonchev–Trinajstić information content (AvgIpc) is 2.80. The molecule has 2 aromatic carbocycles. The van der Waals surface area contributed by atoms with E-state index in [0.717, 1.165) is 17.2 Å². The molecule has 0 amide bonds. The van der Waals surface area contributed by atoms with Gasteiger partial charge in [0.25, 0.3) is 0 Å². The number of hydrogen-bond donors (Lipinski definition) is 1. The smallest absolute Gasteiger partial charge is 0.150 e. The van der Waals surface area contributed by atoms with Crippen LogP contribution in [0.1, 0.15) is 19.4 Å². The summed E-state index contributed by atoms with van der Waals surface area (Å²) in [6, 6.07) is 7.99. The van der Waals surface area contributed by atoms with Crippen LogP contribution in [-0.4, -0.2) is 4.98 Å². The summed E-state index contributed by atoms with van der Waals surface area (Å²) < 4.78 is 39.8. The summed E-state index contributed by atoms with van der Waals surface area (Å²) in [5.74, 6) is -1.58. The second kappa shape index (κ2) is 6.04. The Labute approximate surface area is 121 Å². The molecule has 1 aromatic heterocycles. The molecule has 0 aliphatic rings. The Morgan fingerprint density at radius 3 is 2.10 bits per heavy atom. The monoisotopic (exact) mass is 291 g/mol. The fraction of sp³-hybridized carbons (Fsp3) is 0.176. The van der Waals surface area contributed by atoms with E-state index in [4.69, 9.17) is 0 Å². The molecular weight excluding hydrogens is 275 g/mol. The Bertz CT molecular complexity index is 758. The van der Waals surface area contributed by atoms with Crippen molar-refractivity contribution in [2.75, 3.05) is 0 Å². The lowest BCUT2D eigenvalue weighted by atomic mass is 10.1. The number of aromatic nitrogens is 1. The normalized spacial score (nSPS) is 10.4. The Hall–Kier alpha value is -2.23. The van der Waals surface area contributed by atoms with Crippen molar-refractivity contribution in [3.63, 3.8) is 0 Å². The van der Waals surface area contributed by atoms with Gasteiger partial charge < -0.3 is 4.98 Å². The summed E-state index contributed by atoms with van der Waals surface area (Å²) >= 11 is 0. The molecular formula is C17H16F3N. The van der Waals surface area contributed by atoms with Crippen molar-refractivity contribution in [1.82, 2.24) is 4.98 Å². The van der Waals surface area contributed by atoms with Gasteiger partial charge in [0.1, 0.15) is 17.5 Å². The lowest BCUT2D eigenvalue weighted by molar-refractivity contribution is 0.591. The van der Waals surface area contributed by atoms with Crippen molar-refractivity contribution in [2.45, 2.75) is 20.8 Å². The fourth-order valence-corrected chi connectivity index (χ4v) is 2.26. The summed E-state index contributed by atoms with van der Waals surface area (Å²) in [6.45, 7) is 5.77. The minimum atomic E-state index is -0.633. The number of fused-ring (bicyclic) bond motifs is 1. The van der Waals surface area contributed by atoms with Crippen molar-refractivity contribution in [3.8, 4) is 11.3 Å². The van der Waals surface area contributed by atoms with Crippen LogP contribution in [0.15, 0.2) is 36.4 Å². The highest BCUT2D eigenvalue weighted by Crippen LogP contribution is 2.31. The van der Waals surface area contributed by atoms with Crippen molar-refractivity contribution < 1.29 is 13.2 Å². The second-order valence-electron chi connectivity index (χ2n) is 4.44. The van der Waals surface area contributed by atoms with Crippen LogP contribution in [0.3, 0.4) is 0 Å². The molecule has 3 aromatic rings. The maximum absolute atomic E-state index is 13.7. The van der Waals surface area contributed by atoms with E-state index in [1.54, 1.807) is 19.1 Å². The van der Waals surface area contributed by atoms with Gasteiger partial charge in [0.15, 0.2) is 0 Å². The van der Waals surface area contributed by atoms with E-state index in [1.165, 1.54) is 18.2 Å². The first-order valence-corrected chi connectivity index (χ1v) is 6.79. The topological polar surface area (TPSA) is 15.8 Å². The Morgan fingerprint density at radius 2 is 1.48 bits per heavy atom. The Kier molecular flexibility index (Phi) is 4.36. The number of halogens is 3. The third kappa shape index (κ3) is 2.79. The molecule has 1 heterocycles. The summed E-state index contributed by atoms with van der Waals surface area (Å²) in [7, 11) is 0. The van der Waals surface area contributed by atoms with Gasteiger partial charge in [-0.2, -0.15) is 0 Å². The number of nitrogens with one attached hydrogen (secondary N) is 1. The third-order valence-corrected chi connectivity index (χ3v) is 3.22. The van der Waals surface area contributed by atoms with Crippen LogP contribution >= 0.6 is 0 Å². The van der Waals surface area contributed by atoms with E-state index < -0.39 is 11.6 Å². The maximum atomic E-state index is 13.7. The molecule has 3 rings (SSSR count). The number of hydrogen-bond acceptors (Lipinski definition) is 0. The van der Waals surface area contributed by atoms with Crippen LogP contribution in [0.5, 0.6) is 0 Å². The van der Waals surface area contributed by atoms with Crippen LogP contribution < -0.4 is 0 Å². The predicted molar refractivity (Wildman–Crippen MR) is 79.7 cm³/mol. The molecule has 0 radical (unpaired) electrons. The van der Waals surface area contributed by atoms with Crippen LogP contribution in [0.25, 0.3) is 22.2 Å². The second-order valence-corrected chi connectivity index (χ2v) is 4.44. The number of rotatable bonds is 1. The summed E-state index contributed by atoms with van der Waals surface area (Å²) in [6.07, 6.45) is 0. The molecule has 0 fully saturated rings. The van der Waals surface area contributed by atoms with Crippen molar-refractivity contribution in [2.24, 2.45) is 0 Å². The van der Waals surface area contributed by atoms with E-state index in [0.29, 0.717) is 11.1 Å². The first-order chi connectivity index (χ1) is 10.1. The molecule has 0 aliphatic heterocycles. The van der Waals surface area contributed by atoms with Crippen LogP contribution in [-0.2, 0) is 0 Å². The number of aryl methyl sites for hydroxylation is 1. The Morgan fingerprint density at radius 1 is 0.857 bits per heavy atom. The van der Waals surface area contributed by atoms with E-state index >= 15 is 0 Å². The van der Waals surface area contributed by atoms with Gasteiger partial charge >= 0.3 is 0 Å². The highest BCUT2D eigenvalue weighted by atomic mass is 19.1. The van der Waals surface area contributed by atoms with Crippen LogP contribution in [0.4, 0.5) is 13.2 Å². The zero-order chi connectivity index (χ0) is 15.6. The van der Waals surface area contributed by atoms with Crippen LogP contribution in [0, 0.1) is 24.4 Å². The fourth-order valence-electron chi connectivity index (χ4n) is 2.26. The van der Waals surface area contributed by atoms with Gasteiger partial charge in [0, 0.05) is 17.1 Å². The molecule has 0 unspecified atom stereocenters. The zero-order valence-electron chi connectivity index (χ0n) is 12.1. The first kappa shape index (κ1) is 15.2. The standard InChI is InChI=1S/C15H10F3N.C2H6/c1-8-12-6-11(17)7-13(18)15(12)19-14(8)9-2-4-10(16)5-3-9;1-2/h2-7,19H,1H3;1-2H3. The molecule has 0 saturated heterocycles. The highest BCUT2D eigenvalue weighted by Gasteiger charge is 2.13. The maximum Gasteiger partial charge on any atom is 0.150 e. The molecule has 4 heteroatoms. The number of aromatic amines is 1. The molecule has 0 saturated carbocycles. The summed E-state index contributed by atoms with van der Waals surface area (Å²) in [5, 5.41) is 0.497. The zero-order valence-corrected chi connectivity index (χ0v) is 12.1. The van der Waals surface area contributed by atoms with E-state index in [1.807, 2.05) is 13.8 Å². The molecule has 0 aliphatic carbocycles. The molecule has 110 valence electrons. The molecule has 1 nitrogen and oxygen atoms in total.